The van der Waals surface area contributed by atoms with Crippen molar-refractivity contribution in [3.63, 3.8) is 0 Å². The number of sulfonamides is 1. The quantitative estimate of drug-likeness (QED) is 0.691. The number of anilines is 1. The van der Waals surface area contributed by atoms with Crippen LogP contribution in [0.5, 0.6) is 0 Å². The van der Waals surface area contributed by atoms with Crippen molar-refractivity contribution >= 4 is 15.8 Å². The van der Waals surface area contributed by atoms with Crippen molar-refractivity contribution in [3.8, 4) is 0 Å². The lowest BCUT2D eigenvalue weighted by atomic mass is 9.97. The molecule has 0 spiro atoms. The number of hydrogen-bond donors (Lipinski definition) is 2. The van der Waals surface area contributed by atoms with Crippen molar-refractivity contribution in [1.82, 2.24) is 18.8 Å². The van der Waals surface area contributed by atoms with Gasteiger partial charge in [-0.1, -0.05) is 0 Å². The van der Waals surface area contributed by atoms with Crippen molar-refractivity contribution in [2.24, 2.45) is 7.05 Å². The van der Waals surface area contributed by atoms with E-state index in [4.69, 9.17) is 0 Å². The SMILES string of the molecule is Cn1ccnc1C(O)(CCNc1ccc(S(=O)(=O)N2CCCC2)cn1)C(F)(F)F. The Labute approximate surface area is 166 Å². The lowest BCUT2D eigenvalue weighted by Crippen LogP contribution is -2.45. The zero-order valence-corrected chi connectivity index (χ0v) is 16.5. The summed E-state index contributed by atoms with van der Waals surface area (Å²) in [7, 11) is -2.24. The minimum Gasteiger partial charge on any atom is -0.374 e. The van der Waals surface area contributed by atoms with E-state index in [-0.39, 0.29) is 17.3 Å². The highest BCUT2D eigenvalue weighted by atomic mass is 32.2. The Bertz CT molecular complexity index is 940. The Morgan fingerprint density at radius 3 is 2.41 bits per heavy atom. The van der Waals surface area contributed by atoms with Crippen LogP contribution in [0.4, 0.5) is 19.0 Å². The van der Waals surface area contributed by atoms with Gasteiger partial charge in [0, 0.05) is 51.7 Å². The van der Waals surface area contributed by atoms with Crippen molar-refractivity contribution in [2.45, 2.75) is 35.9 Å². The topological polar surface area (TPSA) is 100 Å². The summed E-state index contributed by atoms with van der Waals surface area (Å²) in [5.74, 6) is -0.304. The second-order valence-electron chi connectivity index (χ2n) is 6.89. The van der Waals surface area contributed by atoms with Crippen LogP contribution in [0, 0.1) is 0 Å². The molecule has 1 fully saturated rings. The normalized spacial score (nSPS) is 18.0. The van der Waals surface area contributed by atoms with Crippen molar-refractivity contribution in [2.75, 3.05) is 25.0 Å². The molecule has 1 unspecified atom stereocenters. The van der Waals surface area contributed by atoms with Crippen LogP contribution in [0.25, 0.3) is 0 Å². The van der Waals surface area contributed by atoms with Gasteiger partial charge >= 0.3 is 6.18 Å². The van der Waals surface area contributed by atoms with Crippen molar-refractivity contribution in [1.29, 1.82) is 0 Å². The van der Waals surface area contributed by atoms with Gasteiger partial charge in [-0.15, -0.1) is 0 Å². The number of aliphatic hydroxyl groups is 1. The highest BCUT2D eigenvalue weighted by Gasteiger charge is 2.57. The van der Waals surface area contributed by atoms with Crippen LogP contribution in [0.3, 0.4) is 0 Å². The molecule has 1 atom stereocenters. The van der Waals surface area contributed by atoms with Crippen LogP contribution in [0.2, 0.25) is 0 Å². The molecule has 3 heterocycles. The van der Waals surface area contributed by atoms with E-state index >= 15 is 0 Å². The summed E-state index contributed by atoms with van der Waals surface area (Å²) < 4.78 is 67.9. The average Bonchev–Trinajstić information content (AvgIpc) is 3.33. The van der Waals surface area contributed by atoms with E-state index < -0.39 is 34.0 Å². The molecule has 2 aromatic rings. The summed E-state index contributed by atoms with van der Waals surface area (Å²) in [5.41, 5.74) is -3.13. The van der Waals surface area contributed by atoms with E-state index in [1.54, 1.807) is 0 Å². The molecule has 1 saturated heterocycles. The molecule has 29 heavy (non-hydrogen) atoms. The van der Waals surface area contributed by atoms with E-state index in [9.17, 15) is 26.7 Å². The number of aromatic nitrogens is 3. The maximum Gasteiger partial charge on any atom is 0.424 e. The standard InChI is InChI=1S/C17H22F3N5O3S/c1-24-11-8-22-15(24)16(26,17(18,19)20)6-7-21-14-5-4-13(12-23-14)29(27,28)25-9-2-3-10-25/h4-5,8,11-12,26H,2-3,6-7,9-10H2,1H3,(H,21,23). The summed E-state index contributed by atoms with van der Waals surface area (Å²) in [6, 6.07) is 2.74. The summed E-state index contributed by atoms with van der Waals surface area (Å²) in [6.07, 6.45) is -0.327. The number of rotatable bonds is 7. The third-order valence-electron chi connectivity index (χ3n) is 4.89. The molecule has 3 rings (SSSR count). The van der Waals surface area contributed by atoms with Gasteiger partial charge in [0.25, 0.3) is 0 Å². The number of hydrogen-bond acceptors (Lipinski definition) is 6. The molecule has 0 aliphatic carbocycles. The molecule has 1 aliphatic heterocycles. The Hall–Kier alpha value is -2.18. The van der Waals surface area contributed by atoms with E-state index in [1.807, 2.05) is 0 Å². The number of halogens is 3. The number of nitrogens with zero attached hydrogens (tertiary/aromatic N) is 4. The Morgan fingerprint density at radius 1 is 1.21 bits per heavy atom. The van der Waals surface area contributed by atoms with Gasteiger partial charge < -0.3 is 15.0 Å². The number of aryl methyl sites for hydroxylation is 1. The zero-order valence-electron chi connectivity index (χ0n) is 15.7. The smallest absolute Gasteiger partial charge is 0.374 e. The lowest BCUT2D eigenvalue weighted by molar-refractivity contribution is -0.271. The first-order chi connectivity index (χ1) is 13.6. The number of alkyl halides is 3. The lowest BCUT2D eigenvalue weighted by Gasteiger charge is -2.30. The average molecular weight is 433 g/mol. The Morgan fingerprint density at radius 2 is 1.90 bits per heavy atom. The van der Waals surface area contributed by atoms with E-state index in [1.165, 1.54) is 42.1 Å². The van der Waals surface area contributed by atoms with Gasteiger partial charge in [-0.3, -0.25) is 0 Å². The fourth-order valence-electron chi connectivity index (χ4n) is 3.23. The summed E-state index contributed by atoms with van der Waals surface area (Å²) in [4.78, 5) is 7.64. The summed E-state index contributed by atoms with van der Waals surface area (Å²) in [6.45, 7) is 0.672. The molecule has 2 N–H and O–H groups in total. The Kier molecular flexibility index (Phi) is 5.88. The van der Waals surface area contributed by atoms with Gasteiger partial charge in [-0.25, -0.2) is 18.4 Å². The van der Waals surface area contributed by atoms with E-state index in [0.717, 1.165) is 17.4 Å². The second kappa shape index (κ2) is 7.92. The monoisotopic (exact) mass is 433 g/mol. The predicted molar refractivity (Wildman–Crippen MR) is 98.5 cm³/mol. The molecule has 8 nitrogen and oxygen atoms in total. The molecule has 160 valence electrons. The zero-order chi connectivity index (χ0) is 21.3. The fraction of sp³-hybridized carbons (Fsp3) is 0.529. The molecular weight excluding hydrogens is 411 g/mol. The Balaban J connectivity index is 1.67. The van der Waals surface area contributed by atoms with E-state index in [0.29, 0.717) is 13.1 Å². The van der Waals surface area contributed by atoms with Crippen LogP contribution in [0.15, 0.2) is 35.6 Å². The first-order valence-electron chi connectivity index (χ1n) is 9.03. The predicted octanol–water partition coefficient (Wildman–Crippen LogP) is 1.85. The first kappa shape index (κ1) is 21.5. The highest BCUT2D eigenvalue weighted by Crippen LogP contribution is 2.40. The van der Waals surface area contributed by atoms with Gasteiger partial charge in [0.05, 0.1) is 0 Å². The molecule has 2 aromatic heterocycles. The van der Waals surface area contributed by atoms with Crippen molar-refractivity contribution in [3.05, 3.63) is 36.5 Å². The molecule has 12 heteroatoms. The van der Waals surface area contributed by atoms with E-state index in [2.05, 4.69) is 15.3 Å². The van der Waals surface area contributed by atoms with Gasteiger partial charge in [0.15, 0.2) is 0 Å². The van der Waals surface area contributed by atoms with Gasteiger partial charge in [0.1, 0.15) is 16.5 Å². The fourth-order valence-corrected chi connectivity index (χ4v) is 4.69. The molecule has 1 aliphatic rings. The minimum atomic E-state index is -4.92. The van der Waals surface area contributed by atoms with Gasteiger partial charge in [-0.05, 0) is 25.0 Å². The molecule has 0 radical (unpaired) electrons. The van der Waals surface area contributed by atoms with Crippen molar-refractivity contribution < 1.29 is 26.7 Å². The third kappa shape index (κ3) is 4.23. The second-order valence-corrected chi connectivity index (χ2v) is 8.82. The number of pyridine rings is 1. The van der Waals surface area contributed by atoms with Crippen LogP contribution < -0.4 is 5.32 Å². The van der Waals surface area contributed by atoms with Crippen LogP contribution in [-0.4, -0.2) is 58.2 Å². The maximum atomic E-state index is 13.5. The van der Waals surface area contributed by atoms with Crippen LogP contribution in [-0.2, 0) is 22.7 Å². The number of imidazole rings is 1. The minimum absolute atomic E-state index is 0.0322. The molecule has 0 aromatic carbocycles. The van der Waals surface area contributed by atoms with Crippen LogP contribution in [0.1, 0.15) is 25.1 Å². The highest BCUT2D eigenvalue weighted by molar-refractivity contribution is 7.89. The van der Waals surface area contributed by atoms with Gasteiger partial charge in [0.2, 0.25) is 15.6 Å². The molecule has 0 amide bonds. The third-order valence-corrected chi connectivity index (χ3v) is 6.77. The summed E-state index contributed by atoms with van der Waals surface area (Å²) in [5, 5.41) is 13.0. The number of nitrogens with one attached hydrogen (secondary N) is 1. The maximum absolute atomic E-state index is 13.5. The molecular formula is C17H22F3N5O3S. The molecule has 0 bridgehead atoms. The van der Waals surface area contributed by atoms with Gasteiger partial charge in [-0.2, -0.15) is 17.5 Å². The largest absolute Gasteiger partial charge is 0.424 e. The molecule has 0 saturated carbocycles. The van der Waals surface area contributed by atoms with Crippen LogP contribution >= 0.6 is 0 Å². The summed E-state index contributed by atoms with van der Waals surface area (Å²) >= 11 is 0. The first-order valence-corrected chi connectivity index (χ1v) is 10.5.